The van der Waals surface area contributed by atoms with Gasteiger partial charge in [-0.3, -0.25) is 4.79 Å². The Morgan fingerprint density at radius 2 is 1.66 bits per heavy atom. The summed E-state index contributed by atoms with van der Waals surface area (Å²) in [6.45, 7) is 3.28. The van der Waals surface area contributed by atoms with E-state index in [1.54, 1.807) is 0 Å². The molecule has 1 aromatic heterocycles. The summed E-state index contributed by atoms with van der Waals surface area (Å²) in [5.74, 6) is 1.14. The lowest BCUT2D eigenvalue weighted by Crippen LogP contribution is -2.41. The third-order valence-electron chi connectivity index (χ3n) is 6.08. The number of anilines is 2. The fourth-order valence-corrected chi connectivity index (χ4v) is 4.11. The Balaban J connectivity index is 1.18. The minimum absolute atomic E-state index is 0.0784. The molecule has 0 unspecified atom stereocenters. The molecule has 0 radical (unpaired) electrons. The second-order valence-electron chi connectivity index (χ2n) is 8.31. The molecule has 0 atom stereocenters. The van der Waals surface area contributed by atoms with Crippen LogP contribution in [0.2, 0.25) is 0 Å². The number of benzene rings is 2. The van der Waals surface area contributed by atoms with Crippen molar-refractivity contribution in [3.8, 4) is 11.3 Å². The van der Waals surface area contributed by atoms with Gasteiger partial charge in [-0.05, 0) is 43.5 Å². The van der Waals surface area contributed by atoms with Crippen LogP contribution in [0.4, 0.5) is 11.5 Å². The summed E-state index contributed by atoms with van der Waals surface area (Å²) in [7, 11) is 2.09. The van der Waals surface area contributed by atoms with Crippen LogP contribution in [0.25, 0.3) is 11.3 Å². The average molecular weight is 430 g/mol. The monoisotopic (exact) mass is 429 g/mol. The van der Waals surface area contributed by atoms with Gasteiger partial charge in [-0.1, -0.05) is 48.5 Å². The minimum Gasteiger partial charge on any atom is -0.375 e. The van der Waals surface area contributed by atoms with E-state index >= 15 is 0 Å². The van der Waals surface area contributed by atoms with Crippen molar-refractivity contribution in [3.63, 3.8) is 0 Å². The Morgan fingerprint density at radius 3 is 2.31 bits per heavy atom. The van der Waals surface area contributed by atoms with Gasteiger partial charge in [-0.2, -0.15) is 0 Å². The standard InChI is InChI=1S/C26H31N5O/c1-30(23-11-6-3-7-12-23)18-8-17-27-26(32)22-15-19-31(20-16-22)25-14-13-24(28-29-25)21-9-4-2-5-10-21/h2-7,9-14,22H,8,15-20H2,1H3,(H,27,32). The summed E-state index contributed by atoms with van der Waals surface area (Å²) in [5, 5.41) is 11.9. The molecule has 6 heteroatoms. The van der Waals surface area contributed by atoms with E-state index in [-0.39, 0.29) is 11.8 Å². The average Bonchev–Trinajstić information content (AvgIpc) is 2.87. The summed E-state index contributed by atoms with van der Waals surface area (Å²) in [5.41, 5.74) is 3.14. The maximum Gasteiger partial charge on any atom is 0.223 e. The Hall–Kier alpha value is -3.41. The van der Waals surface area contributed by atoms with E-state index in [2.05, 4.69) is 44.5 Å². The number of carbonyl (C=O) groups excluding carboxylic acids is 1. The second-order valence-corrected chi connectivity index (χ2v) is 8.31. The van der Waals surface area contributed by atoms with E-state index in [4.69, 9.17) is 0 Å². The molecule has 0 saturated carbocycles. The number of para-hydroxylation sites is 1. The molecular formula is C26H31N5O. The SMILES string of the molecule is CN(CCCNC(=O)C1CCN(c2ccc(-c3ccccc3)nn2)CC1)c1ccccc1. The lowest BCUT2D eigenvalue weighted by atomic mass is 9.96. The number of rotatable bonds is 8. The van der Waals surface area contributed by atoms with Gasteiger partial charge in [0.1, 0.15) is 0 Å². The van der Waals surface area contributed by atoms with Crippen molar-refractivity contribution in [1.82, 2.24) is 15.5 Å². The van der Waals surface area contributed by atoms with E-state index in [9.17, 15) is 4.79 Å². The van der Waals surface area contributed by atoms with Crippen LogP contribution in [0.3, 0.4) is 0 Å². The second kappa shape index (κ2) is 10.8. The number of nitrogens with one attached hydrogen (secondary N) is 1. The van der Waals surface area contributed by atoms with Crippen molar-refractivity contribution in [2.75, 3.05) is 43.0 Å². The molecule has 1 aliphatic heterocycles. The molecule has 1 saturated heterocycles. The van der Waals surface area contributed by atoms with Crippen molar-refractivity contribution in [1.29, 1.82) is 0 Å². The van der Waals surface area contributed by atoms with Gasteiger partial charge in [0, 0.05) is 50.4 Å². The molecule has 1 fully saturated rings. The number of hydrogen-bond donors (Lipinski definition) is 1. The van der Waals surface area contributed by atoms with E-state index in [1.807, 2.05) is 60.7 Å². The summed E-state index contributed by atoms with van der Waals surface area (Å²) in [6.07, 6.45) is 2.62. The molecule has 1 N–H and O–H groups in total. The van der Waals surface area contributed by atoms with Gasteiger partial charge < -0.3 is 15.1 Å². The summed E-state index contributed by atoms with van der Waals surface area (Å²) in [4.78, 5) is 17.0. The molecule has 32 heavy (non-hydrogen) atoms. The van der Waals surface area contributed by atoms with E-state index in [1.165, 1.54) is 5.69 Å². The Bertz CT molecular complexity index is 970. The van der Waals surface area contributed by atoms with Gasteiger partial charge in [0.05, 0.1) is 5.69 Å². The van der Waals surface area contributed by atoms with Gasteiger partial charge in [-0.25, -0.2) is 0 Å². The van der Waals surface area contributed by atoms with Gasteiger partial charge in [0.15, 0.2) is 5.82 Å². The topological polar surface area (TPSA) is 61.4 Å². The molecular weight excluding hydrogens is 398 g/mol. The molecule has 166 valence electrons. The third-order valence-corrected chi connectivity index (χ3v) is 6.08. The first kappa shape index (κ1) is 21.8. The lowest BCUT2D eigenvalue weighted by Gasteiger charge is -2.31. The van der Waals surface area contributed by atoms with Crippen LogP contribution in [0, 0.1) is 5.92 Å². The fourth-order valence-electron chi connectivity index (χ4n) is 4.11. The largest absolute Gasteiger partial charge is 0.375 e. The van der Waals surface area contributed by atoms with Crippen LogP contribution in [-0.4, -0.2) is 49.3 Å². The molecule has 1 aliphatic rings. The van der Waals surface area contributed by atoms with E-state index in [0.717, 1.165) is 56.0 Å². The van der Waals surface area contributed by atoms with Crippen LogP contribution in [0.1, 0.15) is 19.3 Å². The number of carbonyl (C=O) groups is 1. The van der Waals surface area contributed by atoms with Gasteiger partial charge >= 0.3 is 0 Å². The number of nitrogens with zero attached hydrogens (tertiary/aromatic N) is 4. The van der Waals surface area contributed by atoms with Crippen molar-refractivity contribution < 1.29 is 4.79 Å². The molecule has 0 aliphatic carbocycles. The highest BCUT2D eigenvalue weighted by atomic mass is 16.1. The van der Waals surface area contributed by atoms with Crippen molar-refractivity contribution in [3.05, 3.63) is 72.8 Å². The quantitative estimate of drug-likeness (QED) is 0.549. The van der Waals surface area contributed by atoms with Crippen LogP contribution >= 0.6 is 0 Å². The van der Waals surface area contributed by atoms with Crippen LogP contribution < -0.4 is 15.1 Å². The first-order valence-corrected chi connectivity index (χ1v) is 11.4. The highest BCUT2D eigenvalue weighted by Gasteiger charge is 2.25. The molecule has 2 heterocycles. The van der Waals surface area contributed by atoms with E-state index in [0.29, 0.717) is 6.54 Å². The summed E-state index contributed by atoms with van der Waals surface area (Å²) >= 11 is 0. The molecule has 2 aromatic carbocycles. The number of aromatic nitrogens is 2. The predicted octanol–water partition coefficient (Wildman–Crippen LogP) is 4.00. The molecule has 1 amide bonds. The first-order valence-electron chi connectivity index (χ1n) is 11.4. The van der Waals surface area contributed by atoms with Crippen molar-refractivity contribution >= 4 is 17.4 Å². The summed E-state index contributed by atoms with van der Waals surface area (Å²) in [6, 6.07) is 24.4. The smallest absolute Gasteiger partial charge is 0.223 e. The normalized spacial score (nSPS) is 14.2. The fraction of sp³-hybridized carbons (Fsp3) is 0.346. The van der Waals surface area contributed by atoms with Crippen molar-refractivity contribution in [2.24, 2.45) is 5.92 Å². The number of piperidine rings is 1. The van der Waals surface area contributed by atoms with Gasteiger partial charge in [-0.15, -0.1) is 10.2 Å². The number of amides is 1. The van der Waals surface area contributed by atoms with Crippen LogP contribution in [-0.2, 0) is 4.79 Å². The Kier molecular flexibility index (Phi) is 7.33. The zero-order chi connectivity index (χ0) is 22.2. The molecule has 6 nitrogen and oxygen atoms in total. The Morgan fingerprint density at radius 1 is 0.969 bits per heavy atom. The zero-order valence-electron chi connectivity index (χ0n) is 18.7. The minimum atomic E-state index is 0.0784. The van der Waals surface area contributed by atoms with Crippen LogP contribution in [0.15, 0.2) is 72.8 Å². The third kappa shape index (κ3) is 5.63. The maximum absolute atomic E-state index is 12.6. The lowest BCUT2D eigenvalue weighted by molar-refractivity contribution is -0.125. The molecule has 0 spiro atoms. The first-order chi connectivity index (χ1) is 15.7. The highest BCUT2D eigenvalue weighted by Crippen LogP contribution is 2.23. The maximum atomic E-state index is 12.6. The van der Waals surface area contributed by atoms with Crippen LogP contribution in [0.5, 0.6) is 0 Å². The van der Waals surface area contributed by atoms with Gasteiger partial charge in [0.25, 0.3) is 0 Å². The van der Waals surface area contributed by atoms with Gasteiger partial charge in [0.2, 0.25) is 5.91 Å². The molecule has 0 bridgehead atoms. The Labute approximate surface area is 190 Å². The molecule has 4 rings (SSSR count). The van der Waals surface area contributed by atoms with Crippen molar-refractivity contribution in [2.45, 2.75) is 19.3 Å². The van der Waals surface area contributed by atoms with E-state index < -0.39 is 0 Å². The zero-order valence-corrected chi connectivity index (χ0v) is 18.7. The molecule has 3 aromatic rings. The highest BCUT2D eigenvalue weighted by molar-refractivity contribution is 5.79. The summed E-state index contributed by atoms with van der Waals surface area (Å²) < 4.78 is 0. The predicted molar refractivity (Wildman–Crippen MR) is 130 cm³/mol. The number of hydrogen-bond acceptors (Lipinski definition) is 5.